The predicted octanol–water partition coefficient (Wildman–Crippen LogP) is 4.28. The van der Waals surface area contributed by atoms with Gasteiger partial charge in [-0.15, -0.1) is 0 Å². The molecule has 13 heteroatoms. The molecular formula is C33H38F2N6O5. The molecule has 2 unspecified atom stereocenters. The number of esters is 1. The molecule has 0 aliphatic carbocycles. The number of hydrogen-bond acceptors (Lipinski definition) is 8. The van der Waals surface area contributed by atoms with Crippen LogP contribution in [0, 0.1) is 34.8 Å². The summed E-state index contributed by atoms with van der Waals surface area (Å²) in [6.45, 7) is 3.05. The number of ether oxygens (including phenoxy) is 2. The minimum atomic E-state index is -1.31. The zero-order chi connectivity index (χ0) is 32.8. The quantitative estimate of drug-likeness (QED) is 0.426. The Morgan fingerprint density at radius 3 is 2.39 bits per heavy atom. The molecule has 3 aliphatic heterocycles. The van der Waals surface area contributed by atoms with E-state index in [0.29, 0.717) is 43.5 Å². The van der Waals surface area contributed by atoms with Crippen LogP contribution in [0.15, 0.2) is 47.5 Å². The molecule has 2 fully saturated rings. The van der Waals surface area contributed by atoms with Gasteiger partial charge < -0.3 is 24.6 Å². The van der Waals surface area contributed by atoms with Crippen molar-refractivity contribution in [1.29, 1.82) is 5.26 Å². The van der Waals surface area contributed by atoms with Crippen molar-refractivity contribution in [3.8, 4) is 6.07 Å². The third-order valence-corrected chi connectivity index (χ3v) is 9.08. The van der Waals surface area contributed by atoms with E-state index in [1.165, 1.54) is 18.1 Å². The zero-order valence-electron chi connectivity index (χ0n) is 26.0. The number of piperidine rings is 2. The van der Waals surface area contributed by atoms with Crippen LogP contribution in [0.4, 0.5) is 24.1 Å². The molecule has 0 saturated carbocycles. The minimum Gasteiger partial charge on any atom is -0.468 e. The van der Waals surface area contributed by atoms with Gasteiger partial charge in [0.25, 0.3) is 0 Å². The molecule has 2 aromatic rings. The van der Waals surface area contributed by atoms with Crippen LogP contribution in [0.5, 0.6) is 0 Å². The van der Waals surface area contributed by atoms with Gasteiger partial charge >= 0.3 is 18.0 Å². The van der Waals surface area contributed by atoms with Gasteiger partial charge in [0.05, 0.1) is 36.7 Å². The highest BCUT2D eigenvalue weighted by molar-refractivity contribution is 6.12. The molecule has 3 aliphatic rings. The molecule has 0 radical (unpaired) electrons. The third kappa shape index (κ3) is 7.03. The maximum atomic E-state index is 14.4. The standard InChI is InChI=1S/C33H38F2N6O5/c1-45-20-27-29(31(42)46-2)30(22-7-8-25(34)26(35)17-22)41(32(43)38-27)33(44)40-13-9-21(10-14-40)19-37-24-11-15-39(16-12-24)28-6-4-3-5-23(28)18-36/h3-8,17,21,24,29-30,37H,9-16,19-20H2,1-2H3. The second-order valence-electron chi connectivity index (χ2n) is 11.8. The summed E-state index contributed by atoms with van der Waals surface area (Å²) in [7, 11) is 2.52. The van der Waals surface area contributed by atoms with Crippen LogP contribution in [0.2, 0.25) is 0 Å². The Hall–Kier alpha value is -4.41. The van der Waals surface area contributed by atoms with E-state index >= 15 is 0 Å². The Labute approximate surface area is 266 Å². The lowest BCUT2D eigenvalue weighted by Crippen LogP contribution is -2.56. The van der Waals surface area contributed by atoms with E-state index in [1.807, 2.05) is 24.3 Å². The van der Waals surface area contributed by atoms with Crippen molar-refractivity contribution >= 4 is 29.4 Å². The van der Waals surface area contributed by atoms with Crippen LogP contribution < -0.4 is 10.2 Å². The highest BCUT2D eigenvalue weighted by Gasteiger charge is 2.48. The van der Waals surface area contributed by atoms with E-state index in [-0.39, 0.29) is 17.9 Å². The topological polar surface area (TPSA) is 128 Å². The first-order valence-electron chi connectivity index (χ1n) is 15.4. The van der Waals surface area contributed by atoms with Gasteiger partial charge in [0, 0.05) is 39.3 Å². The Balaban J connectivity index is 1.22. The summed E-state index contributed by atoms with van der Waals surface area (Å²) in [5.41, 5.74) is 1.74. The number of para-hydroxylation sites is 1. The van der Waals surface area contributed by atoms with Crippen LogP contribution in [-0.2, 0) is 14.3 Å². The van der Waals surface area contributed by atoms with Crippen LogP contribution >= 0.6 is 0 Å². The Morgan fingerprint density at radius 2 is 1.74 bits per heavy atom. The number of imide groups is 1. The first-order valence-corrected chi connectivity index (χ1v) is 15.4. The molecule has 244 valence electrons. The lowest BCUT2D eigenvalue weighted by Gasteiger charge is -2.41. The number of urea groups is 2. The molecule has 0 spiro atoms. The first kappa shape index (κ1) is 33.0. The average Bonchev–Trinajstić information content (AvgIpc) is 3.08. The maximum Gasteiger partial charge on any atom is 0.352 e. The van der Waals surface area contributed by atoms with E-state index in [0.717, 1.165) is 62.3 Å². The number of anilines is 1. The SMILES string of the molecule is COCC1=NC(=O)N(C(=O)N2CCC(CNC3CCN(c4ccccc4C#N)CC3)CC2)C(c2ccc(F)c(F)c2)C1C(=O)OC. The molecule has 3 heterocycles. The number of hydrogen-bond donors (Lipinski definition) is 1. The Bertz CT molecular complexity index is 1510. The second kappa shape index (κ2) is 14.8. The van der Waals surface area contributed by atoms with Gasteiger partial charge in [0.2, 0.25) is 0 Å². The highest BCUT2D eigenvalue weighted by Crippen LogP contribution is 2.37. The van der Waals surface area contributed by atoms with Crippen LogP contribution in [-0.4, -0.2) is 93.1 Å². The molecule has 0 aromatic heterocycles. The largest absolute Gasteiger partial charge is 0.468 e. The zero-order valence-corrected chi connectivity index (χ0v) is 26.0. The normalized spacial score (nSPS) is 21.2. The smallest absolute Gasteiger partial charge is 0.352 e. The van der Waals surface area contributed by atoms with E-state index in [2.05, 4.69) is 21.3 Å². The second-order valence-corrected chi connectivity index (χ2v) is 11.8. The number of halogens is 2. The molecule has 0 bridgehead atoms. The van der Waals surface area contributed by atoms with Crippen LogP contribution in [0.1, 0.15) is 42.9 Å². The molecular weight excluding hydrogens is 598 g/mol. The maximum absolute atomic E-state index is 14.4. The van der Waals surface area contributed by atoms with E-state index in [9.17, 15) is 28.4 Å². The Morgan fingerprint density at radius 1 is 1.02 bits per heavy atom. The van der Waals surface area contributed by atoms with Crippen molar-refractivity contribution in [2.45, 2.75) is 37.8 Å². The number of carbonyl (C=O) groups is 3. The molecule has 11 nitrogen and oxygen atoms in total. The van der Waals surface area contributed by atoms with Gasteiger partial charge in [-0.25, -0.2) is 23.3 Å². The molecule has 4 amide bonds. The van der Waals surface area contributed by atoms with Crippen LogP contribution in [0.3, 0.4) is 0 Å². The monoisotopic (exact) mass is 636 g/mol. The summed E-state index contributed by atoms with van der Waals surface area (Å²) in [6.07, 6.45) is 3.30. The molecule has 1 N–H and O–H groups in total. The lowest BCUT2D eigenvalue weighted by molar-refractivity contribution is -0.144. The van der Waals surface area contributed by atoms with Gasteiger partial charge in [-0.05, 0) is 68.0 Å². The van der Waals surface area contributed by atoms with Crippen LogP contribution in [0.25, 0.3) is 0 Å². The highest BCUT2D eigenvalue weighted by atomic mass is 19.2. The van der Waals surface area contributed by atoms with Crippen molar-refractivity contribution < 1.29 is 32.6 Å². The van der Waals surface area contributed by atoms with E-state index < -0.39 is 41.6 Å². The summed E-state index contributed by atoms with van der Waals surface area (Å²) >= 11 is 0. The summed E-state index contributed by atoms with van der Waals surface area (Å²) in [5.74, 6) is -4.02. The molecule has 2 atom stereocenters. The summed E-state index contributed by atoms with van der Waals surface area (Å²) < 4.78 is 38.4. The fraction of sp³-hybridized carbons (Fsp3) is 0.485. The lowest BCUT2D eigenvalue weighted by atomic mass is 9.86. The molecule has 46 heavy (non-hydrogen) atoms. The number of carbonyl (C=O) groups excluding carboxylic acids is 3. The van der Waals surface area contributed by atoms with Crippen molar-refractivity contribution in [2.75, 3.05) is 58.5 Å². The van der Waals surface area contributed by atoms with E-state index in [4.69, 9.17) is 9.47 Å². The number of nitriles is 1. The van der Waals surface area contributed by atoms with Gasteiger partial charge in [0.15, 0.2) is 11.6 Å². The molecule has 2 saturated heterocycles. The van der Waals surface area contributed by atoms with Gasteiger partial charge in [0.1, 0.15) is 12.0 Å². The number of nitrogens with one attached hydrogen (secondary N) is 1. The van der Waals surface area contributed by atoms with Crippen molar-refractivity contribution in [3.05, 3.63) is 65.2 Å². The van der Waals surface area contributed by atoms with Crippen molar-refractivity contribution in [2.24, 2.45) is 16.8 Å². The summed E-state index contributed by atoms with van der Waals surface area (Å²) in [4.78, 5) is 48.9. The number of benzene rings is 2. The summed E-state index contributed by atoms with van der Waals surface area (Å²) in [6, 6.07) is 10.4. The first-order chi connectivity index (χ1) is 22.2. The van der Waals surface area contributed by atoms with Gasteiger partial charge in [-0.1, -0.05) is 18.2 Å². The average molecular weight is 637 g/mol. The van der Waals surface area contributed by atoms with Gasteiger partial charge in [-0.3, -0.25) is 4.79 Å². The number of amides is 4. The third-order valence-electron chi connectivity index (χ3n) is 9.08. The van der Waals surface area contributed by atoms with E-state index in [1.54, 1.807) is 0 Å². The van der Waals surface area contributed by atoms with Crippen molar-refractivity contribution in [3.63, 3.8) is 0 Å². The fourth-order valence-corrected chi connectivity index (χ4v) is 6.58. The molecule has 5 rings (SSSR count). The minimum absolute atomic E-state index is 0.0306. The number of rotatable bonds is 8. The number of likely N-dealkylation sites (tertiary alicyclic amines) is 1. The van der Waals surface area contributed by atoms with Crippen molar-refractivity contribution in [1.82, 2.24) is 15.1 Å². The number of nitrogens with zero attached hydrogens (tertiary/aromatic N) is 5. The number of methoxy groups -OCH3 is 2. The molecule has 2 aromatic carbocycles. The predicted molar refractivity (Wildman–Crippen MR) is 165 cm³/mol. The fourth-order valence-electron chi connectivity index (χ4n) is 6.58. The number of aliphatic imine (C=N–C) groups is 1. The summed E-state index contributed by atoms with van der Waals surface area (Å²) in [5, 5.41) is 13.1. The van der Waals surface area contributed by atoms with Gasteiger partial charge in [-0.2, -0.15) is 10.3 Å². The Kier molecular flexibility index (Phi) is 10.6.